The van der Waals surface area contributed by atoms with Gasteiger partial charge in [0, 0.05) is 24.0 Å². The van der Waals surface area contributed by atoms with E-state index in [0.29, 0.717) is 17.1 Å². The van der Waals surface area contributed by atoms with E-state index in [1.54, 1.807) is 36.4 Å². The number of nitrogens with one attached hydrogen (secondary N) is 3. The van der Waals surface area contributed by atoms with Crippen LogP contribution in [0.25, 0.3) is 0 Å². The van der Waals surface area contributed by atoms with Crippen LogP contribution in [0, 0.1) is 11.3 Å². The minimum atomic E-state index is -0.578. The molecule has 0 fully saturated rings. The summed E-state index contributed by atoms with van der Waals surface area (Å²) < 4.78 is 0. The Labute approximate surface area is 146 Å². The fraction of sp³-hybridized carbons (Fsp3) is 0.211. The van der Waals surface area contributed by atoms with Crippen LogP contribution in [0.5, 0.6) is 0 Å². The number of hydrogen-bond donors (Lipinski definition) is 3. The van der Waals surface area contributed by atoms with Crippen molar-refractivity contribution in [1.29, 1.82) is 5.26 Å². The van der Waals surface area contributed by atoms with Crippen molar-refractivity contribution in [3.8, 4) is 6.07 Å². The van der Waals surface area contributed by atoms with E-state index in [-0.39, 0.29) is 5.91 Å². The number of rotatable bonds is 4. The lowest BCUT2D eigenvalue weighted by atomic mass is 9.86. The maximum absolute atomic E-state index is 12.1. The molecule has 25 heavy (non-hydrogen) atoms. The summed E-state index contributed by atoms with van der Waals surface area (Å²) in [6.07, 6.45) is 0. The van der Waals surface area contributed by atoms with Crippen LogP contribution in [0.3, 0.4) is 0 Å². The first-order valence-electron chi connectivity index (χ1n) is 7.77. The molecule has 0 aliphatic carbocycles. The Morgan fingerprint density at radius 3 is 2.04 bits per heavy atom. The molecule has 2 aromatic carbocycles. The van der Waals surface area contributed by atoms with Gasteiger partial charge in [-0.05, 0) is 49.7 Å². The number of benzene rings is 2. The first-order chi connectivity index (χ1) is 11.8. The molecule has 128 valence electrons. The number of urea groups is 1. The lowest BCUT2D eigenvalue weighted by Gasteiger charge is -2.16. The smallest absolute Gasteiger partial charge is 0.323 e. The zero-order valence-corrected chi connectivity index (χ0v) is 14.4. The second kappa shape index (κ2) is 7.49. The maximum atomic E-state index is 12.1. The van der Waals surface area contributed by atoms with Gasteiger partial charge < -0.3 is 16.0 Å². The van der Waals surface area contributed by atoms with Gasteiger partial charge in [-0.1, -0.05) is 18.2 Å². The molecule has 0 unspecified atom stereocenters. The average molecular weight is 336 g/mol. The highest BCUT2D eigenvalue weighted by atomic mass is 16.2. The monoisotopic (exact) mass is 336 g/mol. The molecule has 0 bridgehead atoms. The van der Waals surface area contributed by atoms with Crippen molar-refractivity contribution in [2.24, 2.45) is 0 Å². The van der Waals surface area contributed by atoms with Crippen LogP contribution in [0.4, 0.5) is 21.9 Å². The topological polar surface area (TPSA) is 94.0 Å². The van der Waals surface area contributed by atoms with Crippen LogP contribution in [0.15, 0.2) is 48.5 Å². The molecule has 2 aromatic rings. The van der Waals surface area contributed by atoms with Crippen LogP contribution in [0.2, 0.25) is 0 Å². The Kier molecular flexibility index (Phi) is 5.40. The van der Waals surface area contributed by atoms with Crippen LogP contribution in [0.1, 0.15) is 26.3 Å². The van der Waals surface area contributed by atoms with Gasteiger partial charge in [0.05, 0.1) is 11.5 Å². The molecule has 0 radical (unpaired) electrons. The molecule has 0 aromatic heterocycles. The number of anilines is 3. The molecule has 0 aliphatic rings. The number of nitrogens with zero attached hydrogens (tertiary/aromatic N) is 1. The fourth-order valence-corrected chi connectivity index (χ4v) is 2.21. The zero-order chi connectivity index (χ0) is 18.4. The lowest BCUT2D eigenvalue weighted by Crippen LogP contribution is -2.20. The van der Waals surface area contributed by atoms with Crippen molar-refractivity contribution >= 4 is 29.0 Å². The molecule has 0 saturated heterocycles. The standard InChI is InChI=1S/C19H20N4O2/c1-13(24)21-16-5-4-6-17(11-16)23-18(25)22-15-9-7-14(8-10-15)19(2,3)12-20/h4-11H,1-3H3,(H,21,24)(H2,22,23,25). The fourth-order valence-electron chi connectivity index (χ4n) is 2.21. The van der Waals surface area contributed by atoms with Gasteiger partial charge in [0.15, 0.2) is 0 Å². The third-order valence-corrected chi connectivity index (χ3v) is 3.58. The summed E-state index contributed by atoms with van der Waals surface area (Å²) in [6, 6.07) is 15.8. The summed E-state index contributed by atoms with van der Waals surface area (Å²) in [4.78, 5) is 23.2. The van der Waals surface area contributed by atoms with E-state index in [2.05, 4.69) is 22.0 Å². The van der Waals surface area contributed by atoms with E-state index in [1.165, 1.54) is 6.92 Å². The van der Waals surface area contributed by atoms with Crippen molar-refractivity contribution in [2.45, 2.75) is 26.2 Å². The van der Waals surface area contributed by atoms with Gasteiger partial charge in [-0.15, -0.1) is 0 Å². The first kappa shape index (κ1) is 18.0. The van der Waals surface area contributed by atoms with Crippen molar-refractivity contribution in [3.63, 3.8) is 0 Å². The van der Waals surface area contributed by atoms with Gasteiger partial charge in [-0.25, -0.2) is 4.79 Å². The van der Waals surface area contributed by atoms with Gasteiger partial charge >= 0.3 is 6.03 Å². The highest BCUT2D eigenvalue weighted by molar-refractivity contribution is 6.00. The van der Waals surface area contributed by atoms with Gasteiger partial charge in [0.2, 0.25) is 5.91 Å². The molecular weight excluding hydrogens is 316 g/mol. The number of hydrogen-bond acceptors (Lipinski definition) is 3. The third-order valence-electron chi connectivity index (χ3n) is 3.58. The van der Waals surface area contributed by atoms with E-state index in [4.69, 9.17) is 5.26 Å². The molecule has 3 amide bonds. The van der Waals surface area contributed by atoms with E-state index in [1.807, 2.05) is 26.0 Å². The highest BCUT2D eigenvalue weighted by Gasteiger charge is 2.19. The quantitative estimate of drug-likeness (QED) is 0.785. The van der Waals surface area contributed by atoms with Crippen molar-refractivity contribution in [1.82, 2.24) is 0 Å². The van der Waals surface area contributed by atoms with Gasteiger partial charge in [-0.2, -0.15) is 5.26 Å². The molecular formula is C19H20N4O2. The summed E-state index contributed by atoms with van der Waals surface area (Å²) in [5.41, 5.74) is 2.08. The van der Waals surface area contributed by atoms with E-state index in [0.717, 1.165) is 5.56 Å². The Morgan fingerprint density at radius 2 is 1.48 bits per heavy atom. The van der Waals surface area contributed by atoms with Crippen LogP contribution in [-0.4, -0.2) is 11.9 Å². The molecule has 0 heterocycles. The second-order valence-corrected chi connectivity index (χ2v) is 6.16. The zero-order valence-electron chi connectivity index (χ0n) is 14.4. The normalized spacial score (nSPS) is 10.5. The highest BCUT2D eigenvalue weighted by Crippen LogP contribution is 2.23. The van der Waals surface area contributed by atoms with Gasteiger partial charge in [-0.3, -0.25) is 4.79 Å². The molecule has 6 nitrogen and oxygen atoms in total. The molecule has 2 rings (SSSR count). The van der Waals surface area contributed by atoms with Crippen molar-refractivity contribution in [2.75, 3.05) is 16.0 Å². The van der Waals surface area contributed by atoms with E-state index in [9.17, 15) is 9.59 Å². The minimum Gasteiger partial charge on any atom is -0.326 e. The SMILES string of the molecule is CC(=O)Nc1cccc(NC(=O)Nc2ccc(C(C)(C)C#N)cc2)c1. The average Bonchev–Trinajstić information content (AvgIpc) is 2.55. The lowest BCUT2D eigenvalue weighted by molar-refractivity contribution is -0.114. The van der Waals surface area contributed by atoms with Gasteiger partial charge in [0.1, 0.15) is 0 Å². The Morgan fingerprint density at radius 1 is 0.920 bits per heavy atom. The van der Waals surface area contributed by atoms with Crippen LogP contribution < -0.4 is 16.0 Å². The van der Waals surface area contributed by atoms with Gasteiger partial charge in [0.25, 0.3) is 0 Å². The molecule has 3 N–H and O–H groups in total. The predicted octanol–water partition coefficient (Wildman–Crippen LogP) is 4.09. The minimum absolute atomic E-state index is 0.179. The van der Waals surface area contributed by atoms with E-state index < -0.39 is 11.4 Å². The van der Waals surface area contributed by atoms with E-state index >= 15 is 0 Å². The Hall–Kier alpha value is -3.33. The van der Waals surface area contributed by atoms with Crippen LogP contribution >= 0.6 is 0 Å². The number of amides is 3. The largest absolute Gasteiger partial charge is 0.326 e. The third kappa shape index (κ3) is 5.08. The Bertz CT molecular complexity index is 820. The second-order valence-electron chi connectivity index (χ2n) is 6.16. The summed E-state index contributed by atoms with van der Waals surface area (Å²) in [7, 11) is 0. The maximum Gasteiger partial charge on any atom is 0.323 e. The van der Waals surface area contributed by atoms with Crippen molar-refractivity contribution in [3.05, 3.63) is 54.1 Å². The molecule has 0 spiro atoms. The Balaban J connectivity index is 2.01. The molecule has 0 saturated carbocycles. The predicted molar refractivity (Wildman–Crippen MR) is 98.5 cm³/mol. The molecule has 6 heteroatoms. The van der Waals surface area contributed by atoms with Crippen molar-refractivity contribution < 1.29 is 9.59 Å². The summed E-state index contributed by atoms with van der Waals surface area (Å²) in [5.74, 6) is -0.179. The summed E-state index contributed by atoms with van der Waals surface area (Å²) in [5, 5.41) is 17.2. The molecule has 0 aliphatic heterocycles. The molecule has 0 atom stereocenters. The first-order valence-corrected chi connectivity index (χ1v) is 7.77. The summed E-state index contributed by atoms with van der Waals surface area (Å²) in [6.45, 7) is 5.10. The number of nitriles is 1. The number of carbonyl (C=O) groups excluding carboxylic acids is 2. The van der Waals surface area contributed by atoms with Crippen LogP contribution in [-0.2, 0) is 10.2 Å². The summed E-state index contributed by atoms with van der Waals surface area (Å²) >= 11 is 0. The number of carbonyl (C=O) groups is 2.